The molecular weight excluding hydrogens is 614 g/mol. The van der Waals surface area contributed by atoms with E-state index in [-0.39, 0.29) is 35.1 Å². The van der Waals surface area contributed by atoms with E-state index in [1.807, 2.05) is 0 Å². The molecule has 2 aromatic heterocycles. The zero-order chi connectivity index (χ0) is 33.0. The largest absolute Gasteiger partial charge is 0.493 e. The Balaban J connectivity index is 1.29. The van der Waals surface area contributed by atoms with Crippen molar-refractivity contribution in [1.29, 1.82) is 0 Å². The van der Waals surface area contributed by atoms with Crippen LogP contribution in [-0.2, 0) is 4.79 Å². The Morgan fingerprint density at radius 2 is 1.87 bits per heavy atom. The molecule has 0 saturated carbocycles. The summed E-state index contributed by atoms with van der Waals surface area (Å²) in [5.41, 5.74) is 0.564. The summed E-state index contributed by atoms with van der Waals surface area (Å²) in [5.74, 6) is 0.206. The molecule has 1 aliphatic heterocycles. The van der Waals surface area contributed by atoms with Crippen molar-refractivity contribution < 1.29 is 41.4 Å². The number of aromatic nitrogens is 4. The van der Waals surface area contributed by atoms with Crippen molar-refractivity contribution in [2.75, 3.05) is 25.5 Å². The van der Waals surface area contributed by atoms with Gasteiger partial charge in [0.05, 0.1) is 18.3 Å². The number of nitrogens with zero attached hydrogens (tertiary/aromatic N) is 5. The average Bonchev–Trinajstić information content (AvgIpc) is 3.50. The summed E-state index contributed by atoms with van der Waals surface area (Å²) in [5, 5.41) is 9.05. The number of piperidine rings is 1. The molecule has 0 aliphatic carbocycles. The number of rotatable bonds is 9. The van der Waals surface area contributed by atoms with Gasteiger partial charge in [-0.1, -0.05) is 6.58 Å². The summed E-state index contributed by atoms with van der Waals surface area (Å²) >= 11 is 0. The van der Waals surface area contributed by atoms with Gasteiger partial charge in [0.2, 0.25) is 11.8 Å². The molecule has 2 N–H and O–H groups in total. The summed E-state index contributed by atoms with van der Waals surface area (Å²) < 4.78 is 71.3. The molecule has 16 heteroatoms. The smallest absolute Gasteiger partial charge is 0.408 e. The van der Waals surface area contributed by atoms with Gasteiger partial charge in [0.25, 0.3) is 0 Å². The Morgan fingerprint density at radius 3 is 2.54 bits per heavy atom. The summed E-state index contributed by atoms with van der Waals surface area (Å²) in [6, 6.07) is 5.32. The van der Waals surface area contributed by atoms with Crippen LogP contribution in [0.3, 0.4) is 0 Å². The van der Waals surface area contributed by atoms with E-state index in [1.165, 1.54) is 37.7 Å². The van der Waals surface area contributed by atoms with Gasteiger partial charge in [-0.25, -0.2) is 19.2 Å². The van der Waals surface area contributed by atoms with Gasteiger partial charge in [-0.15, -0.1) is 5.10 Å². The molecule has 1 fully saturated rings. The zero-order valence-electron chi connectivity index (χ0n) is 24.7. The number of benzene rings is 2. The normalized spacial score (nSPS) is 14.4. The molecule has 2 aromatic carbocycles. The van der Waals surface area contributed by atoms with E-state index >= 15 is 4.39 Å². The van der Waals surface area contributed by atoms with E-state index < -0.39 is 24.1 Å². The highest BCUT2D eigenvalue weighted by Crippen LogP contribution is 2.37. The fourth-order valence-electron chi connectivity index (χ4n) is 4.63. The van der Waals surface area contributed by atoms with E-state index in [9.17, 15) is 22.8 Å². The predicted molar refractivity (Wildman–Crippen MR) is 158 cm³/mol. The maximum Gasteiger partial charge on any atom is 0.408 e. The fourth-order valence-corrected chi connectivity index (χ4v) is 4.63. The van der Waals surface area contributed by atoms with E-state index in [1.54, 1.807) is 22.3 Å². The quantitative estimate of drug-likeness (QED) is 0.177. The van der Waals surface area contributed by atoms with Gasteiger partial charge >= 0.3 is 12.2 Å². The van der Waals surface area contributed by atoms with Gasteiger partial charge in [-0.05, 0) is 31.2 Å². The van der Waals surface area contributed by atoms with E-state index in [0.29, 0.717) is 53.0 Å². The monoisotopic (exact) mass is 643 g/mol. The maximum absolute atomic E-state index is 15.2. The molecule has 1 aliphatic rings. The minimum atomic E-state index is -4.62. The predicted octanol–water partition coefficient (Wildman–Crippen LogP) is 5.57. The molecule has 0 bridgehead atoms. The Kier molecular flexibility index (Phi) is 9.25. The van der Waals surface area contributed by atoms with Crippen LogP contribution in [0.5, 0.6) is 23.1 Å². The van der Waals surface area contributed by atoms with Gasteiger partial charge < -0.3 is 29.7 Å². The number of ether oxygens (including phenoxy) is 3. The Morgan fingerprint density at radius 1 is 1.11 bits per heavy atom. The van der Waals surface area contributed by atoms with Gasteiger partial charge in [-0.2, -0.15) is 17.9 Å². The first-order chi connectivity index (χ1) is 21.9. The molecule has 0 radical (unpaired) electrons. The first-order valence-corrected chi connectivity index (χ1v) is 14.0. The molecule has 242 valence electrons. The van der Waals surface area contributed by atoms with Crippen molar-refractivity contribution in [3.8, 4) is 23.1 Å². The number of hydrogen-bond donors (Lipinski definition) is 2. The Labute approximate surface area is 260 Å². The van der Waals surface area contributed by atoms with Crippen LogP contribution in [0.4, 0.5) is 33.9 Å². The highest BCUT2D eigenvalue weighted by atomic mass is 19.4. The van der Waals surface area contributed by atoms with Crippen molar-refractivity contribution in [3.63, 3.8) is 0 Å². The van der Waals surface area contributed by atoms with Crippen LogP contribution < -0.4 is 24.8 Å². The van der Waals surface area contributed by atoms with Crippen LogP contribution >= 0.6 is 0 Å². The third-order valence-electron chi connectivity index (χ3n) is 7.16. The second kappa shape index (κ2) is 13.3. The minimum absolute atomic E-state index is 0.0196. The van der Waals surface area contributed by atoms with Crippen molar-refractivity contribution in [2.24, 2.45) is 0 Å². The fraction of sp³-hybridized carbons (Fsp3) is 0.300. The standard InChI is InChI=1S/C30H29F4N7O5/c1-4-27(42)40-10-7-18(8-11-40)45-25-14-20-23(15-24(25)44-3)35-16-36-28(20)38-22-6-5-19(13-21(22)31)46-26-9-12-41(39-26)29(43)37-17(2)30(32,33)34/h4-6,9,12-18H,1,7-8,10-11H2,2-3H3,(H,37,43)(H,35,36,38)/t17-/m1/s1. The number of alkyl halides is 3. The molecule has 3 heterocycles. The number of fused-ring (bicyclic) bond motifs is 1. The number of anilines is 2. The lowest BCUT2D eigenvalue weighted by Crippen LogP contribution is -2.44. The minimum Gasteiger partial charge on any atom is -0.493 e. The molecule has 46 heavy (non-hydrogen) atoms. The number of amides is 2. The number of likely N-dealkylation sites (tertiary alicyclic amines) is 1. The SMILES string of the molecule is C=CC(=O)N1CCC(Oc2cc3c(Nc4ccc(Oc5ccn(C(=O)N[C@H](C)C(F)(F)F)n5)cc4F)ncnc3cc2OC)CC1. The number of carbonyl (C=O) groups is 2. The number of carbonyl (C=O) groups excluding carboxylic acids is 2. The highest BCUT2D eigenvalue weighted by Gasteiger charge is 2.37. The van der Waals surface area contributed by atoms with Crippen LogP contribution in [0, 0.1) is 5.82 Å². The summed E-state index contributed by atoms with van der Waals surface area (Å²) in [6.07, 6.45) is 0.146. The summed E-state index contributed by atoms with van der Waals surface area (Å²) in [4.78, 5) is 34.3. The van der Waals surface area contributed by atoms with Crippen LogP contribution in [0.2, 0.25) is 0 Å². The van der Waals surface area contributed by atoms with Gasteiger partial charge in [0.15, 0.2) is 11.5 Å². The molecule has 2 amide bonds. The second-order valence-electron chi connectivity index (χ2n) is 10.3. The number of methoxy groups -OCH3 is 1. The lowest BCUT2D eigenvalue weighted by Gasteiger charge is -2.31. The van der Waals surface area contributed by atoms with Crippen molar-refractivity contribution in [3.05, 3.63) is 67.4 Å². The molecule has 1 atom stereocenters. The summed E-state index contributed by atoms with van der Waals surface area (Å²) in [7, 11) is 1.51. The summed E-state index contributed by atoms with van der Waals surface area (Å²) in [6.45, 7) is 5.38. The number of halogens is 4. The topological polar surface area (TPSA) is 133 Å². The van der Waals surface area contributed by atoms with Crippen molar-refractivity contribution in [1.82, 2.24) is 30.0 Å². The molecule has 0 unspecified atom stereocenters. The molecule has 0 spiro atoms. The molecule has 5 rings (SSSR count). The zero-order valence-corrected chi connectivity index (χ0v) is 24.7. The molecular formula is C30H29F4N7O5. The first kappa shape index (κ1) is 32.0. The van der Waals surface area contributed by atoms with Gasteiger partial charge in [0, 0.05) is 55.7 Å². The van der Waals surface area contributed by atoms with Crippen LogP contribution in [-0.4, -0.2) is 75.1 Å². The van der Waals surface area contributed by atoms with E-state index in [4.69, 9.17) is 14.2 Å². The third kappa shape index (κ3) is 7.27. The van der Waals surface area contributed by atoms with E-state index in [0.717, 1.165) is 19.2 Å². The lowest BCUT2D eigenvalue weighted by atomic mass is 10.1. The molecule has 12 nitrogen and oxygen atoms in total. The van der Waals surface area contributed by atoms with Crippen molar-refractivity contribution >= 4 is 34.3 Å². The molecule has 4 aromatic rings. The van der Waals surface area contributed by atoms with Crippen LogP contribution in [0.15, 0.2) is 61.6 Å². The number of nitrogens with one attached hydrogen (secondary N) is 2. The van der Waals surface area contributed by atoms with Gasteiger partial charge in [-0.3, -0.25) is 4.79 Å². The van der Waals surface area contributed by atoms with Crippen LogP contribution in [0.25, 0.3) is 10.9 Å². The maximum atomic E-state index is 15.2. The van der Waals surface area contributed by atoms with E-state index in [2.05, 4.69) is 27.0 Å². The lowest BCUT2D eigenvalue weighted by molar-refractivity contribution is -0.148. The Hall–Kier alpha value is -5.41. The molecule has 1 saturated heterocycles. The Bertz CT molecular complexity index is 1760. The van der Waals surface area contributed by atoms with Crippen molar-refractivity contribution in [2.45, 2.75) is 38.1 Å². The highest BCUT2D eigenvalue weighted by molar-refractivity contribution is 5.93. The third-order valence-corrected chi connectivity index (χ3v) is 7.16. The number of hydrogen-bond acceptors (Lipinski definition) is 9. The average molecular weight is 644 g/mol. The van der Waals surface area contributed by atoms with Crippen LogP contribution in [0.1, 0.15) is 19.8 Å². The first-order valence-electron chi connectivity index (χ1n) is 14.0. The van der Waals surface area contributed by atoms with Gasteiger partial charge in [0.1, 0.15) is 35.9 Å². The second-order valence-corrected chi connectivity index (χ2v) is 10.3.